The van der Waals surface area contributed by atoms with Crippen molar-refractivity contribution in [3.05, 3.63) is 76.7 Å². The summed E-state index contributed by atoms with van der Waals surface area (Å²) in [6.07, 6.45) is 3.08. The first-order valence-corrected chi connectivity index (χ1v) is 9.97. The Morgan fingerprint density at radius 2 is 1.63 bits per heavy atom. The molecule has 0 aliphatic rings. The first kappa shape index (κ1) is 19.8. The Kier molecular flexibility index (Phi) is 5.58. The third-order valence-electron chi connectivity index (χ3n) is 4.51. The average molecular weight is 464 g/mol. The maximum atomic E-state index is 12.3. The van der Waals surface area contributed by atoms with Crippen molar-refractivity contribution < 1.29 is 9.53 Å². The van der Waals surface area contributed by atoms with Crippen LogP contribution < -0.4 is 15.4 Å². The summed E-state index contributed by atoms with van der Waals surface area (Å²) >= 11 is 3.40. The lowest BCUT2D eigenvalue weighted by atomic mass is 10.1. The number of amides is 2. The van der Waals surface area contributed by atoms with E-state index in [1.165, 1.54) is 11.9 Å². The van der Waals surface area contributed by atoms with E-state index in [2.05, 4.69) is 41.5 Å². The molecular weight excluding hydrogens is 446 g/mol. The van der Waals surface area contributed by atoms with Crippen LogP contribution in [0.4, 0.5) is 16.2 Å². The lowest BCUT2D eigenvalue weighted by Crippen LogP contribution is -2.19. The van der Waals surface area contributed by atoms with Crippen molar-refractivity contribution in [1.29, 1.82) is 0 Å². The second kappa shape index (κ2) is 8.46. The minimum Gasteiger partial charge on any atom is -0.438 e. The summed E-state index contributed by atoms with van der Waals surface area (Å²) in [5, 5.41) is 6.33. The number of nitrogens with zero attached hydrogens (tertiary/aromatic N) is 3. The van der Waals surface area contributed by atoms with E-state index in [4.69, 9.17) is 4.74 Å². The largest absolute Gasteiger partial charge is 0.438 e. The standard InChI is InChI=1S/C22H18BrN5O2/c1-13-3-4-17(9-14(13)2)28-22(29)27-16-5-7-18(8-6-16)30-21-19-10-15(23)11-24-20(19)25-12-26-21/h3-12H,1-2H3,(H2,27,28,29). The number of fused-ring (bicyclic) bond motifs is 1. The van der Waals surface area contributed by atoms with E-state index in [9.17, 15) is 4.79 Å². The van der Waals surface area contributed by atoms with Crippen LogP contribution in [0.1, 0.15) is 11.1 Å². The van der Waals surface area contributed by atoms with Crippen LogP contribution in [-0.2, 0) is 0 Å². The number of urea groups is 1. The quantitative estimate of drug-likeness (QED) is 0.396. The highest BCUT2D eigenvalue weighted by atomic mass is 79.9. The highest BCUT2D eigenvalue weighted by molar-refractivity contribution is 9.10. The van der Waals surface area contributed by atoms with E-state index < -0.39 is 0 Å². The van der Waals surface area contributed by atoms with Gasteiger partial charge in [-0.2, -0.15) is 0 Å². The minimum atomic E-state index is -0.315. The van der Waals surface area contributed by atoms with Crippen LogP contribution in [0.2, 0.25) is 0 Å². The summed E-state index contributed by atoms with van der Waals surface area (Å²) in [5.41, 5.74) is 4.22. The van der Waals surface area contributed by atoms with E-state index in [0.717, 1.165) is 15.7 Å². The summed E-state index contributed by atoms with van der Waals surface area (Å²) in [4.78, 5) is 24.8. The van der Waals surface area contributed by atoms with Gasteiger partial charge < -0.3 is 15.4 Å². The number of nitrogens with one attached hydrogen (secondary N) is 2. The van der Waals surface area contributed by atoms with Gasteiger partial charge in [-0.15, -0.1) is 0 Å². The van der Waals surface area contributed by atoms with Crippen molar-refractivity contribution in [3.63, 3.8) is 0 Å². The Bertz CT molecular complexity index is 1230. The molecule has 2 heterocycles. The number of hydrogen-bond acceptors (Lipinski definition) is 5. The van der Waals surface area contributed by atoms with Gasteiger partial charge in [-0.05, 0) is 83.4 Å². The van der Waals surface area contributed by atoms with Crippen LogP contribution in [0.15, 0.2) is 65.5 Å². The number of aromatic nitrogens is 3. The van der Waals surface area contributed by atoms with E-state index >= 15 is 0 Å². The molecule has 7 nitrogen and oxygen atoms in total. The fraction of sp³-hybridized carbons (Fsp3) is 0.0909. The van der Waals surface area contributed by atoms with E-state index in [0.29, 0.717) is 28.4 Å². The first-order chi connectivity index (χ1) is 14.5. The molecule has 0 saturated carbocycles. The van der Waals surface area contributed by atoms with Crippen molar-refractivity contribution in [3.8, 4) is 11.6 Å². The van der Waals surface area contributed by atoms with Crippen molar-refractivity contribution in [1.82, 2.24) is 15.0 Å². The number of rotatable bonds is 4. The Labute approximate surface area is 181 Å². The van der Waals surface area contributed by atoms with Crippen LogP contribution in [0.3, 0.4) is 0 Å². The number of carbonyl (C=O) groups excluding carboxylic acids is 1. The summed E-state index contributed by atoms with van der Waals surface area (Å²) in [7, 11) is 0. The van der Waals surface area contributed by atoms with Crippen molar-refractivity contribution in [2.75, 3.05) is 10.6 Å². The number of aryl methyl sites for hydroxylation is 2. The molecule has 2 N–H and O–H groups in total. The summed E-state index contributed by atoms with van der Waals surface area (Å²) in [5.74, 6) is 0.983. The van der Waals surface area contributed by atoms with Gasteiger partial charge in [0.25, 0.3) is 0 Å². The molecule has 4 aromatic rings. The molecule has 4 rings (SSSR count). The zero-order valence-electron chi connectivity index (χ0n) is 16.3. The van der Waals surface area contributed by atoms with Crippen LogP contribution in [-0.4, -0.2) is 21.0 Å². The van der Waals surface area contributed by atoms with Gasteiger partial charge in [-0.3, -0.25) is 0 Å². The molecule has 0 unspecified atom stereocenters. The maximum absolute atomic E-state index is 12.3. The van der Waals surface area contributed by atoms with Crippen LogP contribution in [0.25, 0.3) is 11.0 Å². The number of carbonyl (C=O) groups is 1. The van der Waals surface area contributed by atoms with Crippen LogP contribution in [0.5, 0.6) is 11.6 Å². The fourth-order valence-electron chi connectivity index (χ4n) is 2.81. The molecule has 0 aliphatic heterocycles. The number of halogens is 1. The van der Waals surface area contributed by atoms with Gasteiger partial charge in [-0.1, -0.05) is 6.07 Å². The topological polar surface area (TPSA) is 89.0 Å². The summed E-state index contributed by atoms with van der Waals surface area (Å²) in [6.45, 7) is 4.04. The van der Waals surface area contributed by atoms with Crippen LogP contribution >= 0.6 is 15.9 Å². The minimum absolute atomic E-state index is 0.315. The molecule has 0 bridgehead atoms. The molecule has 8 heteroatoms. The molecular formula is C22H18BrN5O2. The van der Waals surface area contributed by atoms with E-state index in [1.807, 2.05) is 38.1 Å². The lowest BCUT2D eigenvalue weighted by molar-refractivity contribution is 0.262. The third kappa shape index (κ3) is 4.55. The smallest absolute Gasteiger partial charge is 0.323 e. The molecule has 0 radical (unpaired) electrons. The highest BCUT2D eigenvalue weighted by Crippen LogP contribution is 2.28. The second-order valence-electron chi connectivity index (χ2n) is 6.71. The third-order valence-corrected chi connectivity index (χ3v) is 4.94. The normalized spacial score (nSPS) is 10.6. The van der Waals surface area contributed by atoms with Crippen molar-refractivity contribution in [2.45, 2.75) is 13.8 Å². The Hall–Kier alpha value is -3.52. The van der Waals surface area contributed by atoms with E-state index in [1.54, 1.807) is 30.5 Å². The highest BCUT2D eigenvalue weighted by Gasteiger charge is 2.09. The molecule has 0 aliphatic carbocycles. The van der Waals surface area contributed by atoms with Crippen LogP contribution in [0, 0.1) is 13.8 Å². The molecule has 30 heavy (non-hydrogen) atoms. The fourth-order valence-corrected chi connectivity index (χ4v) is 3.14. The predicted octanol–water partition coefficient (Wildman–Crippen LogP) is 5.84. The number of pyridine rings is 1. The zero-order valence-corrected chi connectivity index (χ0v) is 17.9. The predicted molar refractivity (Wildman–Crippen MR) is 120 cm³/mol. The van der Waals surface area contributed by atoms with E-state index in [-0.39, 0.29) is 6.03 Å². The Balaban J connectivity index is 1.44. The molecule has 0 atom stereocenters. The summed E-state index contributed by atoms with van der Waals surface area (Å²) < 4.78 is 6.70. The molecule has 2 aromatic heterocycles. The average Bonchev–Trinajstić information content (AvgIpc) is 2.72. The second-order valence-corrected chi connectivity index (χ2v) is 7.62. The number of ether oxygens (including phenoxy) is 1. The Morgan fingerprint density at radius 1 is 0.900 bits per heavy atom. The lowest BCUT2D eigenvalue weighted by Gasteiger charge is -2.10. The molecule has 150 valence electrons. The number of anilines is 2. The molecule has 0 spiro atoms. The monoisotopic (exact) mass is 463 g/mol. The number of benzene rings is 2. The van der Waals surface area contributed by atoms with Crippen molar-refractivity contribution in [2.24, 2.45) is 0 Å². The number of hydrogen-bond donors (Lipinski definition) is 2. The van der Waals surface area contributed by atoms with Gasteiger partial charge in [-0.25, -0.2) is 19.7 Å². The van der Waals surface area contributed by atoms with Gasteiger partial charge >= 0.3 is 6.03 Å². The zero-order chi connectivity index (χ0) is 21.1. The Morgan fingerprint density at radius 3 is 2.40 bits per heavy atom. The van der Waals surface area contributed by atoms with Gasteiger partial charge in [0.05, 0.1) is 5.39 Å². The molecule has 0 fully saturated rings. The maximum Gasteiger partial charge on any atom is 0.323 e. The van der Waals surface area contributed by atoms with Gasteiger partial charge in [0, 0.05) is 22.0 Å². The van der Waals surface area contributed by atoms with Crippen molar-refractivity contribution >= 4 is 44.4 Å². The molecule has 0 saturated heterocycles. The van der Waals surface area contributed by atoms with Gasteiger partial charge in [0.1, 0.15) is 12.1 Å². The molecule has 2 amide bonds. The van der Waals surface area contributed by atoms with Gasteiger partial charge in [0.2, 0.25) is 5.88 Å². The molecule has 2 aromatic carbocycles. The SMILES string of the molecule is Cc1ccc(NC(=O)Nc2ccc(Oc3ncnc4ncc(Br)cc34)cc2)cc1C. The summed E-state index contributed by atoms with van der Waals surface area (Å²) in [6, 6.07) is 14.3. The van der Waals surface area contributed by atoms with Gasteiger partial charge in [0.15, 0.2) is 5.65 Å². The first-order valence-electron chi connectivity index (χ1n) is 9.17.